The van der Waals surface area contributed by atoms with Gasteiger partial charge in [-0.05, 0) is 79.7 Å². The smallest absolute Gasteiger partial charge is 0.416 e. The average molecular weight is 635 g/mol. The third-order valence-electron chi connectivity index (χ3n) is 7.80. The van der Waals surface area contributed by atoms with Crippen LogP contribution in [0.25, 0.3) is 22.4 Å². The van der Waals surface area contributed by atoms with E-state index < -0.39 is 17.6 Å². The number of alkyl halides is 3. The molecular weight excluding hydrogens is 605 g/mol. The first-order valence-corrected chi connectivity index (χ1v) is 14.7. The van der Waals surface area contributed by atoms with Crippen LogP contribution in [-0.4, -0.2) is 63.9 Å². The minimum Gasteiger partial charge on any atom is -0.437 e. The number of piperazine rings is 1. The maximum Gasteiger partial charge on any atom is 0.416 e. The van der Waals surface area contributed by atoms with Gasteiger partial charge in [-0.2, -0.15) is 18.2 Å². The molecule has 2 N–H and O–H groups in total. The predicted molar refractivity (Wildman–Crippen MR) is 168 cm³/mol. The first kappa shape index (κ1) is 30.6. The van der Waals surface area contributed by atoms with Gasteiger partial charge in [-0.3, -0.25) is 9.69 Å². The highest BCUT2D eigenvalue weighted by molar-refractivity contribution is 6.30. The standard InChI is InChI=1S/C33H30ClF3N6O2/c1-20-3-4-22(17-28(20)45-32-29-27(11-12-38-29)40-30(41-32)21-5-8-24(34)9-6-21)31(44)39-25-10-7-23(26(18-25)33(35,36)37)19-43-15-13-42(2)14-16-43/h3-12,17-18,38H,13-16,19H2,1-2H3,(H,39,44). The Labute approximate surface area is 262 Å². The Hall–Kier alpha value is -4.45. The molecule has 45 heavy (non-hydrogen) atoms. The second kappa shape index (κ2) is 12.5. The van der Waals surface area contributed by atoms with E-state index in [1.165, 1.54) is 18.2 Å². The Balaban J connectivity index is 1.24. The molecular formula is C33H30ClF3N6O2. The van der Waals surface area contributed by atoms with Gasteiger partial charge in [-0.25, -0.2) is 4.98 Å². The zero-order valence-electron chi connectivity index (χ0n) is 24.6. The number of hydrogen-bond donors (Lipinski definition) is 2. The number of halogens is 4. The number of ether oxygens (including phenoxy) is 1. The molecule has 232 valence electrons. The molecule has 0 saturated carbocycles. The number of H-pyrrole nitrogens is 1. The molecule has 8 nitrogen and oxygen atoms in total. The molecule has 0 aliphatic carbocycles. The van der Waals surface area contributed by atoms with Gasteiger partial charge in [0, 0.05) is 60.8 Å². The number of benzene rings is 3. The van der Waals surface area contributed by atoms with Crippen molar-refractivity contribution in [1.82, 2.24) is 24.8 Å². The van der Waals surface area contributed by atoms with Crippen LogP contribution in [0.2, 0.25) is 5.02 Å². The summed E-state index contributed by atoms with van der Waals surface area (Å²) in [6.07, 6.45) is -2.85. The Morgan fingerprint density at radius 2 is 1.76 bits per heavy atom. The van der Waals surface area contributed by atoms with Crippen LogP contribution in [0, 0.1) is 6.92 Å². The van der Waals surface area contributed by atoms with E-state index in [4.69, 9.17) is 16.3 Å². The molecule has 1 aliphatic heterocycles. The van der Waals surface area contributed by atoms with Crippen LogP contribution in [0.3, 0.4) is 0 Å². The zero-order valence-corrected chi connectivity index (χ0v) is 25.3. The summed E-state index contributed by atoms with van der Waals surface area (Å²) in [5.74, 6) is 0.463. The van der Waals surface area contributed by atoms with Gasteiger partial charge in [0.15, 0.2) is 5.82 Å². The van der Waals surface area contributed by atoms with Gasteiger partial charge in [-0.15, -0.1) is 0 Å². The lowest BCUT2D eigenvalue weighted by Crippen LogP contribution is -2.44. The lowest BCUT2D eigenvalue weighted by atomic mass is 10.0. The monoisotopic (exact) mass is 634 g/mol. The van der Waals surface area contributed by atoms with E-state index in [2.05, 4.69) is 25.2 Å². The highest BCUT2D eigenvalue weighted by atomic mass is 35.5. The number of nitrogens with zero attached hydrogens (tertiary/aromatic N) is 4. The Morgan fingerprint density at radius 1 is 1.00 bits per heavy atom. The second-order valence-corrected chi connectivity index (χ2v) is 11.5. The van der Waals surface area contributed by atoms with Crippen molar-refractivity contribution in [2.75, 3.05) is 38.5 Å². The summed E-state index contributed by atoms with van der Waals surface area (Å²) in [5, 5.41) is 3.20. The number of rotatable bonds is 7. The molecule has 2 aromatic heterocycles. The molecule has 1 amide bonds. The number of aromatic amines is 1. The fraction of sp³-hybridized carbons (Fsp3) is 0.242. The lowest BCUT2D eigenvalue weighted by molar-refractivity contribution is -0.138. The van der Waals surface area contributed by atoms with E-state index in [9.17, 15) is 18.0 Å². The van der Waals surface area contributed by atoms with Crippen LogP contribution < -0.4 is 10.1 Å². The quantitative estimate of drug-likeness (QED) is 0.194. The summed E-state index contributed by atoms with van der Waals surface area (Å²) < 4.78 is 48.5. The summed E-state index contributed by atoms with van der Waals surface area (Å²) in [6, 6.07) is 17.7. The maximum absolute atomic E-state index is 14.1. The van der Waals surface area contributed by atoms with Crippen molar-refractivity contribution < 1.29 is 22.7 Å². The second-order valence-electron chi connectivity index (χ2n) is 11.1. The molecule has 0 bridgehead atoms. The maximum atomic E-state index is 14.1. The zero-order chi connectivity index (χ0) is 31.7. The first-order valence-electron chi connectivity index (χ1n) is 14.4. The number of carbonyl (C=O) groups is 1. The Kier molecular flexibility index (Phi) is 8.50. The summed E-state index contributed by atoms with van der Waals surface area (Å²) in [5.41, 5.74) is 2.34. The van der Waals surface area contributed by atoms with E-state index >= 15 is 0 Å². The lowest BCUT2D eigenvalue weighted by Gasteiger charge is -2.33. The summed E-state index contributed by atoms with van der Waals surface area (Å²) in [7, 11) is 1.99. The minimum atomic E-state index is -4.57. The molecule has 0 unspecified atom stereocenters. The molecule has 0 radical (unpaired) electrons. The normalized spacial score (nSPS) is 14.5. The average Bonchev–Trinajstić information content (AvgIpc) is 3.49. The van der Waals surface area contributed by atoms with Crippen LogP contribution >= 0.6 is 11.6 Å². The molecule has 0 spiro atoms. The number of aryl methyl sites for hydroxylation is 1. The van der Waals surface area contributed by atoms with Gasteiger partial charge in [0.25, 0.3) is 5.91 Å². The van der Waals surface area contributed by atoms with E-state index in [0.29, 0.717) is 40.7 Å². The van der Waals surface area contributed by atoms with Crippen LogP contribution in [-0.2, 0) is 12.7 Å². The third-order valence-corrected chi connectivity index (χ3v) is 8.05. The first-order chi connectivity index (χ1) is 21.5. The molecule has 12 heteroatoms. The Morgan fingerprint density at radius 3 is 2.49 bits per heavy atom. The fourth-order valence-electron chi connectivity index (χ4n) is 5.18. The summed E-state index contributed by atoms with van der Waals surface area (Å²) in [4.78, 5) is 29.7. The van der Waals surface area contributed by atoms with E-state index in [1.807, 2.05) is 18.9 Å². The van der Waals surface area contributed by atoms with Gasteiger partial charge in [0.05, 0.1) is 11.1 Å². The van der Waals surface area contributed by atoms with Crippen molar-refractivity contribution in [2.24, 2.45) is 0 Å². The number of carbonyl (C=O) groups excluding carboxylic acids is 1. The molecule has 3 aromatic carbocycles. The number of hydrogen-bond acceptors (Lipinski definition) is 6. The summed E-state index contributed by atoms with van der Waals surface area (Å²) >= 11 is 6.04. The van der Waals surface area contributed by atoms with E-state index in [0.717, 1.165) is 30.3 Å². The van der Waals surface area contributed by atoms with Crippen molar-refractivity contribution in [3.63, 3.8) is 0 Å². The molecule has 0 atom stereocenters. The summed E-state index contributed by atoms with van der Waals surface area (Å²) in [6.45, 7) is 4.99. The van der Waals surface area contributed by atoms with Crippen molar-refractivity contribution in [3.8, 4) is 23.0 Å². The van der Waals surface area contributed by atoms with Crippen molar-refractivity contribution in [2.45, 2.75) is 19.6 Å². The molecule has 3 heterocycles. The van der Waals surface area contributed by atoms with Gasteiger partial charge in [-0.1, -0.05) is 23.7 Å². The van der Waals surface area contributed by atoms with E-state index in [-0.39, 0.29) is 29.2 Å². The number of anilines is 1. The number of likely N-dealkylation sites (N-methyl/N-ethyl adjacent to an activating group) is 1. The molecule has 5 aromatic rings. The van der Waals surface area contributed by atoms with Gasteiger partial charge >= 0.3 is 6.18 Å². The number of aromatic nitrogens is 3. The van der Waals surface area contributed by atoms with Crippen molar-refractivity contribution >= 4 is 34.2 Å². The fourth-order valence-corrected chi connectivity index (χ4v) is 5.31. The molecule has 1 aliphatic rings. The largest absolute Gasteiger partial charge is 0.437 e. The van der Waals surface area contributed by atoms with Crippen LogP contribution in [0.4, 0.5) is 18.9 Å². The SMILES string of the molecule is Cc1ccc(C(=O)Nc2ccc(CN3CCN(C)CC3)c(C(F)(F)F)c2)cc1Oc1nc(-c2ccc(Cl)cc2)nc2cc[nH]c12. The van der Waals surface area contributed by atoms with E-state index in [1.54, 1.807) is 48.7 Å². The molecule has 1 fully saturated rings. The predicted octanol–water partition coefficient (Wildman–Crippen LogP) is 7.40. The topological polar surface area (TPSA) is 86.4 Å². The Bertz CT molecular complexity index is 1850. The number of fused-ring (bicyclic) bond motifs is 1. The van der Waals surface area contributed by atoms with Crippen molar-refractivity contribution in [3.05, 3.63) is 100 Å². The minimum absolute atomic E-state index is 0.0500. The molecule has 6 rings (SSSR count). The third kappa shape index (κ3) is 6.95. The van der Waals surface area contributed by atoms with Crippen LogP contribution in [0.5, 0.6) is 11.6 Å². The number of amides is 1. The van der Waals surface area contributed by atoms with Crippen molar-refractivity contribution in [1.29, 1.82) is 0 Å². The molecule has 1 saturated heterocycles. The van der Waals surface area contributed by atoms with Gasteiger partial charge in [0.1, 0.15) is 11.3 Å². The van der Waals surface area contributed by atoms with Crippen LogP contribution in [0.1, 0.15) is 27.0 Å². The highest BCUT2D eigenvalue weighted by Gasteiger charge is 2.34. The highest BCUT2D eigenvalue weighted by Crippen LogP contribution is 2.35. The van der Waals surface area contributed by atoms with Crippen LogP contribution in [0.15, 0.2) is 72.9 Å². The van der Waals surface area contributed by atoms with Gasteiger partial charge < -0.3 is 19.9 Å². The number of nitrogens with one attached hydrogen (secondary N) is 2. The van der Waals surface area contributed by atoms with Gasteiger partial charge in [0.2, 0.25) is 5.88 Å².